The molecule has 2 nitrogen and oxygen atoms in total. The van der Waals surface area contributed by atoms with Crippen molar-refractivity contribution in [3.8, 4) is 11.3 Å². The maximum atomic E-state index is 13.6. The highest BCUT2D eigenvalue weighted by atomic mass is 32.1. The van der Waals surface area contributed by atoms with Crippen molar-refractivity contribution < 1.29 is 4.39 Å². The van der Waals surface area contributed by atoms with Crippen LogP contribution in [-0.2, 0) is 6.54 Å². The molecule has 0 saturated heterocycles. The molecule has 16 heavy (non-hydrogen) atoms. The molecule has 2 rings (SSSR count). The van der Waals surface area contributed by atoms with E-state index in [4.69, 9.17) is 0 Å². The summed E-state index contributed by atoms with van der Waals surface area (Å²) in [5.41, 5.74) is 1.34. The van der Waals surface area contributed by atoms with E-state index in [1.807, 2.05) is 20.0 Å². The highest BCUT2D eigenvalue weighted by Crippen LogP contribution is 2.29. The highest BCUT2D eigenvalue weighted by molar-refractivity contribution is 7.12. The van der Waals surface area contributed by atoms with Gasteiger partial charge in [-0.25, -0.2) is 9.37 Å². The quantitative estimate of drug-likeness (QED) is 0.886. The minimum absolute atomic E-state index is 0.216. The third-order valence-corrected chi connectivity index (χ3v) is 3.27. The Balaban J connectivity index is 2.44. The normalized spacial score (nSPS) is 10.7. The summed E-state index contributed by atoms with van der Waals surface area (Å²) < 4.78 is 13.6. The number of benzene rings is 1. The SMILES string of the molecule is CNCc1nc(-c2ccccc2F)c(C)s1. The monoisotopic (exact) mass is 236 g/mol. The lowest BCUT2D eigenvalue weighted by Gasteiger charge is -1.99. The molecule has 0 radical (unpaired) electrons. The first-order valence-electron chi connectivity index (χ1n) is 5.08. The number of halogens is 1. The maximum absolute atomic E-state index is 13.6. The number of hydrogen-bond acceptors (Lipinski definition) is 3. The van der Waals surface area contributed by atoms with Crippen molar-refractivity contribution in [3.63, 3.8) is 0 Å². The fraction of sp³-hybridized carbons (Fsp3) is 0.250. The zero-order valence-electron chi connectivity index (χ0n) is 9.25. The van der Waals surface area contributed by atoms with Gasteiger partial charge in [-0.05, 0) is 26.1 Å². The van der Waals surface area contributed by atoms with Crippen molar-refractivity contribution in [1.29, 1.82) is 0 Å². The van der Waals surface area contributed by atoms with E-state index in [2.05, 4.69) is 10.3 Å². The predicted octanol–water partition coefficient (Wildman–Crippen LogP) is 2.98. The van der Waals surface area contributed by atoms with Crippen LogP contribution in [0.25, 0.3) is 11.3 Å². The standard InChI is InChI=1S/C12H13FN2S/c1-8-12(15-11(16-8)7-14-2)9-5-3-4-6-10(9)13/h3-6,14H,7H2,1-2H3. The first-order valence-corrected chi connectivity index (χ1v) is 5.90. The van der Waals surface area contributed by atoms with Gasteiger partial charge >= 0.3 is 0 Å². The molecular weight excluding hydrogens is 223 g/mol. The molecule has 0 atom stereocenters. The molecule has 0 unspecified atom stereocenters. The van der Waals surface area contributed by atoms with E-state index in [-0.39, 0.29) is 5.82 Å². The highest BCUT2D eigenvalue weighted by Gasteiger charge is 2.12. The Labute approximate surface area is 98.2 Å². The van der Waals surface area contributed by atoms with Gasteiger partial charge in [-0.15, -0.1) is 11.3 Å². The second-order valence-electron chi connectivity index (χ2n) is 3.52. The van der Waals surface area contributed by atoms with Crippen LogP contribution < -0.4 is 5.32 Å². The second kappa shape index (κ2) is 4.72. The Morgan fingerprint density at radius 1 is 1.38 bits per heavy atom. The number of aryl methyl sites for hydroxylation is 1. The van der Waals surface area contributed by atoms with E-state index >= 15 is 0 Å². The van der Waals surface area contributed by atoms with Crippen molar-refractivity contribution in [1.82, 2.24) is 10.3 Å². The molecule has 1 aromatic carbocycles. The lowest BCUT2D eigenvalue weighted by atomic mass is 10.1. The van der Waals surface area contributed by atoms with E-state index in [1.165, 1.54) is 6.07 Å². The largest absolute Gasteiger partial charge is 0.314 e. The van der Waals surface area contributed by atoms with Crippen molar-refractivity contribution in [2.24, 2.45) is 0 Å². The minimum atomic E-state index is -0.216. The first-order chi connectivity index (χ1) is 7.72. The van der Waals surface area contributed by atoms with Crippen LogP contribution in [0.3, 0.4) is 0 Å². The minimum Gasteiger partial charge on any atom is -0.314 e. The van der Waals surface area contributed by atoms with Crippen molar-refractivity contribution in [2.75, 3.05) is 7.05 Å². The molecule has 1 heterocycles. The van der Waals surface area contributed by atoms with Crippen LogP contribution in [-0.4, -0.2) is 12.0 Å². The van der Waals surface area contributed by atoms with Gasteiger partial charge in [0.05, 0.1) is 5.69 Å². The summed E-state index contributed by atoms with van der Waals surface area (Å²) in [6, 6.07) is 6.75. The van der Waals surface area contributed by atoms with Gasteiger partial charge in [0, 0.05) is 17.0 Å². The van der Waals surface area contributed by atoms with Gasteiger partial charge in [0.2, 0.25) is 0 Å². The summed E-state index contributed by atoms with van der Waals surface area (Å²) in [7, 11) is 1.87. The van der Waals surface area contributed by atoms with Crippen molar-refractivity contribution in [2.45, 2.75) is 13.5 Å². The number of thiazole rings is 1. The summed E-state index contributed by atoms with van der Waals surface area (Å²) in [5, 5.41) is 4.03. The van der Waals surface area contributed by atoms with Gasteiger partial charge in [-0.2, -0.15) is 0 Å². The summed E-state index contributed by atoms with van der Waals surface area (Å²) in [6.07, 6.45) is 0. The number of nitrogens with one attached hydrogen (secondary N) is 1. The summed E-state index contributed by atoms with van der Waals surface area (Å²) in [6.45, 7) is 2.69. The Kier molecular flexibility index (Phi) is 3.31. The van der Waals surface area contributed by atoms with Crippen LogP contribution in [0.4, 0.5) is 4.39 Å². The molecule has 1 N–H and O–H groups in total. The molecule has 0 aliphatic heterocycles. The molecule has 0 aliphatic rings. The fourth-order valence-electron chi connectivity index (χ4n) is 1.58. The average molecular weight is 236 g/mol. The van der Waals surface area contributed by atoms with Crippen LogP contribution in [0.15, 0.2) is 24.3 Å². The molecule has 2 aromatic rings. The second-order valence-corrected chi connectivity index (χ2v) is 4.81. The molecule has 84 valence electrons. The molecule has 1 aromatic heterocycles. The van der Waals surface area contributed by atoms with Gasteiger partial charge < -0.3 is 5.32 Å². The Bertz CT molecular complexity index is 494. The van der Waals surface area contributed by atoms with Crippen molar-refractivity contribution in [3.05, 3.63) is 40.0 Å². The van der Waals surface area contributed by atoms with Gasteiger partial charge in [0.25, 0.3) is 0 Å². The Morgan fingerprint density at radius 2 is 2.12 bits per heavy atom. The molecule has 0 aliphatic carbocycles. The number of hydrogen-bond donors (Lipinski definition) is 1. The molecule has 0 spiro atoms. The van der Waals surface area contributed by atoms with Crippen LogP contribution in [0.5, 0.6) is 0 Å². The molecule has 4 heteroatoms. The van der Waals surface area contributed by atoms with Crippen LogP contribution in [0, 0.1) is 12.7 Å². The van der Waals surface area contributed by atoms with Gasteiger partial charge in [0.1, 0.15) is 10.8 Å². The lowest BCUT2D eigenvalue weighted by molar-refractivity contribution is 0.630. The molecule has 0 fully saturated rings. The average Bonchev–Trinajstić information content (AvgIpc) is 2.61. The number of rotatable bonds is 3. The topological polar surface area (TPSA) is 24.9 Å². The van der Waals surface area contributed by atoms with Crippen LogP contribution in [0.2, 0.25) is 0 Å². The van der Waals surface area contributed by atoms with Crippen LogP contribution in [0.1, 0.15) is 9.88 Å². The van der Waals surface area contributed by atoms with Gasteiger partial charge in [-0.1, -0.05) is 12.1 Å². The lowest BCUT2D eigenvalue weighted by Crippen LogP contribution is -2.04. The maximum Gasteiger partial charge on any atom is 0.132 e. The van der Waals surface area contributed by atoms with E-state index < -0.39 is 0 Å². The number of nitrogens with zero attached hydrogens (tertiary/aromatic N) is 1. The Hall–Kier alpha value is -1.26. The third-order valence-electron chi connectivity index (χ3n) is 2.30. The van der Waals surface area contributed by atoms with Gasteiger partial charge in [0.15, 0.2) is 0 Å². The fourth-order valence-corrected chi connectivity index (χ4v) is 2.54. The zero-order chi connectivity index (χ0) is 11.5. The van der Waals surface area contributed by atoms with E-state index in [0.717, 1.165) is 22.1 Å². The van der Waals surface area contributed by atoms with Gasteiger partial charge in [-0.3, -0.25) is 0 Å². The van der Waals surface area contributed by atoms with Crippen molar-refractivity contribution >= 4 is 11.3 Å². The van der Waals surface area contributed by atoms with E-state index in [1.54, 1.807) is 23.5 Å². The number of aromatic nitrogens is 1. The molecule has 0 amide bonds. The molecule has 0 saturated carbocycles. The summed E-state index contributed by atoms with van der Waals surface area (Å²) >= 11 is 1.60. The zero-order valence-corrected chi connectivity index (χ0v) is 10.1. The van der Waals surface area contributed by atoms with Crippen LogP contribution >= 0.6 is 11.3 Å². The van der Waals surface area contributed by atoms with E-state index in [9.17, 15) is 4.39 Å². The van der Waals surface area contributed by atoms with E-state index in [0.29, 0.717) is 5.56 Å². The first kappa shape index (κ1) is 11.2. The smallest absolute Gasteiger partial charge is 0.132 e. The summed E-state index contributed by atoms with van der Waals surface area (Å²) in [5.74, 6) is -0.216. The third kappa shape index (κ3) is 2.13. The molecule has 0 bridgehead atoms. The Morgan fingerprint density at radius 3 is 2.81 bits per heavy atom. The predicted molar refractivity (Wildman–Crippen MR) is 65.0 cm³/mol. The summed E-state index contributed by atoms with van der Waals surface area (Å²) in [4.78, 5) is 5.50. The molecular formula is C12H13FN2S.